The van der Waals surface area contributed by atoms with Crippen LogP contribution in [0.2, 0.25) is 0 Å². The van der Waals surface area contributed by atoms with Gasteiger partial charge in [0.1, 0.15) is 23.8 Å². The molecule has 0 aliphatic carbocycles. The fraction of sp³-hybridized carbons (Fsp3) is 0.214. The second-order valence-electron chi connectivity index (χ2n) is 12.8. The first-order valence-electron chi connectivity index (χ1n) is 16.0. The molecule has 0 aliphatic rings. The number of hydrogen-bond donors (Lipinski definition) is 1. The summed E-state index contributed by atoms with van der Waals surface area (Å²) in [5.41, 5.74) is 13.8. The summed E-state index contributed by atoms with van der Waals surface area (Å²) in [5.74, 6) is 2.17. The quantitative estimate of drug-likeness (QED) is 0.184. The van der Waals surface area contributed by atoms with E-state index in [1.807, 2.05) is 12.1 Å². The zero-order valence-corrected chi connectivity index (χ0v) is 27.5. The summed E-state index contributed by atoms with van der Waals surface area (Å²) in [4.78, 5) is 0. The van der Waals surface area contributed by atoms with Crippen molar-refractivity contribution in [3.63, 3.8) is 0 Å². The van der Waals surface area contributed by atoms with Gasteiger partial charge in [0.2, 0.25) is 0 Å². The number of aromatic nitrogens is 2. The molecule has 1 heterocycles. The molecule has 0 aliphatic heterocycles. The Balaban J connectivity index is 1.54. The summed E-state index contributed by atoms with van der Waals surface area (Å²) < 4.78 is 4.62. The third-order valence-corrected chi connectivity index (χ3v) is 9.10. The second kappa shape index (κ2) is 12.2. The molecule has 3 nitrogen and oxygen atoms in total. The number of para-hydroxylation sites is 1. The molecule has 0 atom stereocenters. The van der Waals surface area contributed by atoms with E-state index in [1.165, 1.54) is 39.1 Å². The molecule has 1 aromatic heterocycles. The van der Waals surface area contributed by atoms with Gasteiger partial charge in [0.25, 0.3) is 5.82 Å². The number of aromatic hydroxyl groups is 1. The highest BCUT2D eigenvalue weighted by Gasteiger charge is 2.29. The molecule has 0 amide bonds. The second-order valence-corrected chi connectivity index (χ2v) is 12.8. The van der Waals surface area contributed by atoms with Crippen LogP contribution in [0.5, 0.6) is 5.75 Å². The molecular weight excluding hydrogens is 548 g/mol. The van der Waals surface area contributed by atoms with Gasteiger partial charge in [-0.2, -0.15) is 4.57 Å². The van der Waals surface area contributed by atoms with E-state index in [0.717, 1.165) is 33.6 Å². The Bertz CT molecular complexity index is 1950. The normalized spacial score (nSPS) is 11.5. The molecule has 0 bridgehead atoms. The highest BCUT2D eigenvalue weighted by atomic mass is 16.3. The van der Waals surface area contributed by atoms with Crippen LogP contribution >= 0.6 is 0 Å². The van der Waals surface area contributed by atoms with Crippen molar-refractivity contribution in [3.05, 3.63) is 138 Å². The fourth-order valence-corrected chi connectivity index (χ4v) is 6.74. The van der Waals surface area contributed by atoms with E-state index in [-0.39, 0.29) is 5.75 Å². The zero-order chi connectivity index (χ0) is 31.8. The van der Waals surface area contributed by atoms with Crippen molar-refractivity contribution < 1.29 is 9.67 Å². The van der Waals surface area contributed by atoms with Crippen molar-refractivity contribution in [2.24, 2.45) is 7.05 Å². The number of phenolic OH excluding ortho intramolecular Hbond substituents is 1. The molecule has 3 heteroatoms. The molecular formula is C42H43N2O+. The van der Waals surface area contributed by atoms with Crippen molar-refractivity contribution >= 4 is 0 Å². The fourth-order valence-electron chi connectivity index (χ4n) is 6.74. The lowest BCUT2D eigenvalue weighted by Crippen LogP contribution is -2.30. The van der Waals surface area contributed by atoms with E-state index in [0.29, 0.717) is 11.8 Å². The topological polar surface area (TPSA) is 29.0 Å². The van der Waals surface area contributed by atoms with Gasteiger partial charge in [-0.25, -0.2) is 4.57 Å². The lowest BCUT2D eigenvalue weighted by atomic mass is 9.87. The number of phenols is 1. The molecule has 0 unspecified atom stereocenters. The molecule has 5 aromatic carbocycles. The van der Waals surface area contributed by atoms with E-state index in [4.69, 9.17) is 0 Å². The zero-order valence-electron chi connectivity index (χ0n) is 27.5. The van der Waals surface area contributed by atoms with Crippen molar-refractivity contribution in [2.75, 3.05) is 0 Å². The van der Waals surface area contributed by atoms with Gasteiger partial charge >= 0.3 is 0 Å². The maximum Gasteiger partial charge on any atom is 0.294 e. The summed E-state index contributed by atoms with van der Waals surface area (Å²) in [6, 6.07) is 36.0. The SMILES string of the molecule is Cc1ccc(-c2c(O)cccc2-c2ccc(-c3ccccc3)cc2)c(C)c1-c1n(-c2c(C(C)C)cccc2C(C)C)cc[n+]1C. The molecule has 6 aromatic rings. The monoisotopic (exact) mass is 591 g/mol. The maximum atomic E-state index is 11.4. The van der Waals surface area contributed by atoms with Crippen LogP contribution in [0.25, 0.3) is 50.5 Å². The molecule has 1 N–H and O–H groups in total. The van der Waals surface area contributed by atoms with E-state index >= 15 is 0 Å². The van der Waals surface area contributed by atoms with Crippen LogP contribution < -0.4 is 4.57 Å². The summed E-state index contributed by atoms with van der Waals surface area (Å²) in [6.07, 6.45) is 4.36. The Hall–Kier alpha value is -4.89. The van der Waals surface area contributed by atoms with Gasteiger partial charge in [0.05, 0.1) is 12.6 Å². The summed E-state index contributed by atoms with van der Waals surface area (Å²) in [6.45, 7) is 13.5. The number of nitrogens with zero attached hydrogens (tertiary/aromatic N) is 2. The number of hydrogen-bond acceptors (Lipinski definition) is 1. The first-order chi connectivity index (χ1) is 21.7. The Morgan fingerprint density at radius 3 is 1.84 bits per heavy atom. The van der Waals surface area contributed by atoms with Crippen molar-refractivity contribution in [2.45, 2.75) is 53.4 Å². The minimum Gasteiger partial charge on any atom is -0.507 e. The van der Waals surface area contributed by atoms with E-state index in [9.17, 15) is 5.11 Å². The molecule has 0 saturated carbocycles. The molecule has 45 heavy (non-hydrogen) atoms. The van der Waals surface area contributed by atoms with Gasteiger partial charge in [-0.3, -0.25) is 0 Å². The Morgan fingerprint density at radius 1 is 0.600 bits per heavy atom. The van der Waals surface area contributed by atoms with Crippen LogP contribution in [0.4, 0.5) is 0 Å². The molecule has 0 radical (unpaired) electrons. The van der Waals surface area contributed by atoms with Crippen LogP contribution in [0.3, 0.4) is 0 Å². The third-order valence-electron chi connectivity index (χ3n) is 9.10. The molecule has 0 saturated heterocycles. The van der Waals surface area contributed by atoms with Crippen LogP contribution in [-0.2, 0) is 7.05 Å². The minimum absolute atomic E-state index is 0.282. The standard InChI is InChI=1S/C42H42N2O/c1-27(2)34-15-11-16-35(28(3)4)41(34)44-26-25-43(7)42(44)39-29(5)19-24-36(30(39)6)40-37(17-12-18-38(40)45)33-22-20-32(21-23-33)31-13-9-8-10-14-31/h8-28H,1-7H3/p+1. The lowest BCUT2D eigenvalue weighted by molar-refractivity contribution is -0.659. The Labute approximate surface area is 268 Å². The lowest BCUT2D eigenvalue weighted by Gasteiger charge is -2.20. The first-order valence-corrected chi connectivity index (χ1v) is 16.0. The van der Waals surface area contributed by atoms with Crippen LogP contribution in [0, 0.1) is 13.8 Å². The summed E-state index contributed by atoms with van der Waals surface area (Å²) in [5, 5.41) is 11.4. The number of aryl methyl sites for hydroxylation is 2. The van der Waals surface area contributed by atoms with Crippen LogP contribution in [0.1, 0.15) is 61.8 Å². The number of imidazole rings is 1. The number of rotatable bonds is 7. The van der Waals surface area contributed by atoms with Crippen molar-refractivity contribution in [1.29, 1.82) is 0 Å². The van der Waals surface area contributed by atoms with Gasteiger partial charge in [0.15, 0.2) is 0 Å². The highest BCUT2D eigenvalue weighted by molar-refractivity contribution is 5.91. The Kier molecular flexibility index (Phi) is 8.20. The van der Waals surface area contributed by atoms with Gasteiger partial charge < -0.3 is 5.11 Å². The van der Waals surface area contributed by atoms with E-state index < -0.39 is 0 Å². The van der Waals surface area contributed by atoms with Crippen LogP contribution in [-0.4, -0.2) is 9.67 Å². The average Bonchev–Trinajstić information content (AvgIpc) is 3.41. The van der Waals surface area contributed by atoms with Crippen molar-refractivity contribution in [1.82, 2.24) is 4.57 Å². The molecule has 6 rings (SSSR count). The Morgan fingerprint density at radius 2 is 1.20 bits per heavy atom. The number of benzene rings is 5. The maximum absolute atomic E-state index is 11.4. The van der Waals surface area contributed by atoms with E-state index in [1.54, 1.807) is 6.07 Å². The van der Waals surface area contributed by atoms with Gasteiger partial charge in [-0.1, -0.05) is 125 Å². The average molecular weight is 592 g/mol. The molecule has 0 fully saturated rings. The van der Waals surface area contributed by atoms with Gasteiger partial charge in [0, 0.05) is 16.7 Å². The van der Waals surface area contributed by atoms with Gasteiger partial charge in [-0.15, -0.1) is 0 Å². The van der Waals surface area contributed by atoms with E-state index in [2.05, 4.69) is 155 Å². The molecule has 0 spiro atoms. The first kappa shape index (κ1) is 30.1. The predicted octanol–water partition coefficient (Wildman–Crippen LogP) is 10.5. The predicted molar refractivity (Wildman–Crippen MR) is 188 cm³/mol. The minimum atomic E-state index is 0.282. The third kappa shape index (κ3) is 5.48. The smallest absolute Gasteiger partial charge is 0.294 e. The van der Waals surface area contributed by atoms with Crippen LogP contribution in [0.15, 0.2) is 116 Å². The summed E-state index contributed by atoms with van der Waals surface area (Å²) >= 11 is 0. The van der Waals surface area contributed by atoms with Crippen molar-refractivity contribution in [3.8, 4) is 56.2 Å². The largest absolute Gasteiger partial charge is 0.507 e. The molecule has 226 valence electrons. The highest BCUT2D eigenvalue weighted by Crippen LogP contribution is 2.44. The van der Waals surface area contributed by atoms with Gasteiger partial charge in [-0.05, 0) is 70.7 Å². The summed E-state index contributed by atoms with van der Waals surface area (Å²) in [7, 11) is 2.13.